The topological polar surface area (TPSA) is 63.4 Å². The van der Waals surface area contributed by atoms with E-state index in [0.29, 0.717) is 22.9 Å². The van der Waals surface area contributed by atoms with E-state index in [2.05, 4.69) is 63.7 Å². The molecule has 0 unspecified atom stereocenters. The lowest BCUT2D eigenvalue weighted by atomic mass is 10.1. The van der Waals surface area contributed by atoms with Crippen LogP contribution in [0.25, 0.3) is 0 Å². The fourth-order valence-electron chi connectivity index (χ4n) is 1.37. The van der Waals surface area contributed by atoms with Crippen LogP contribution in [0.2, 0.25) is 0 Å². The Bertz CT molecular complexity index is 497. The number of halogens is 4. The Morgan fingerprint density at radius 2 is 1.06 bits per heavy atom. The van der Waals surface area contributed by atoms with Gasteiger partial charge < -0.3 is 0 Å². The molecule has 4 nitrogen and oxygen atoms in total. The summed E-state index contributed by atoms with van der Waals surface area (Å²) in [5, 5.41) is 0.596. The molecular weight excluding hydrogens is 476 g/mol. The van der Waals surface area contributed by atoms with Crippen LogP contribution in [0.5, 0.6) is 0 Å². The van der Waals surface area contributed by atoms with Crippen LogP contribution in [0.3, 0.4) is 0 Å². The van der Waals surface area contributed by atoms with Crippen molar-refractivity contribution >= 4 is 75.5 Å². The monoisotopic (exact) mass is 474 g/mol. The summed E-state index contributed by atoms with van der Waals surface area (Å²) in [4.78, 5) is 23.5. The SMILES string of the molecule is NN1C(=O)c2c(Br)c(Br)c(Br)c(Br)c2C1=O. The molecule has 8 heteroatoms. The molecule has 0 bridgehead atoms. The van der Waals surface area contributed by atoms with Crippen LogP contribution in [-0.4, -0.2) is 16.8 Å². The first-order chi connectivity index (χ1) is 7.37. The normalized spacial score (nSPS) is 14.7. The molecule has 0 fully saturated rings. The highest BCUT2D eigenvalue weighted by molar-refractivity contribution is 9.15. The maximum atomic E-state index is 11.7. The van der Waals surface area contributed by atoms with Crippen molar-refractivity contribution in [1.82, 2.24) is 5.01 Å². The second-order valence-corrected chi connectivity index (χ2v) is 6.16. The van der Waals surface area contributed by atoms with Crippen molar-refractivity contribution in [1.29, 1.82) is 0 Å². The van der Waals surface area contributed by atoms with Gasteiger partial charge in [-0.15, -0.1) is 0 Å². The Labute approximate surface area is 124 Å². The fraction of sp³-hybridized carbons (Fsp3) is 0. The van der Waals surface area contributed by atoms with Crippen molar-refractivity contribution in [3.63, 3.8) is 0 Å². The zero-order chi connectivity index (χ0) is 12.2. The minimum absolute atomic E-state index is 0.259. The molecule has 0 spiro atoms. The molecule has 1 aromatic rings. The van der Waals surface area contributed by atoms with E-state index in [1.807, 2.05) is 0 Å². The summed E-state index contributed by atoms with van der Waals surface area (Å²) in [6.07, 6.45) is 0. The van der Waals surface area contributed by atoms with Gasteiger partial charge in [0.15, 0.2) is 0 Å². The lowest BCUT2D eigenvalue weighted by Gasteiger charge is -2.07. The van der Waals surface area contributed by atoms with Gasteiger partial charge in [0.25, 0.3) is 11.8 Å². The quantitative estimate of drug-likeness (QED) is 0.205. The first-order valence-electron chi connectivity index (χ1n) is 3.87. The standard InChI is InChI=1S/C8H2Br4N2O2/c9-3-1-2(4(10)6(12)5(3)11)8(16)14(13)7(1)15/h13H2. The van der Waals surface area contributed by atoms with Gasteiger partial charge >= 0.3 is 0 Å². The second-order valence-electron chi connectivity index (χ2n) is 2.99. The lowest BCUT2D eigenvalue weighted by molar-refractivity contribution is 0.0653. The Morgan fingerprint density at radius 1 is 0.750 bits per heavy atom. The van der Waals surface area contributed by atoms with Crippen LogP contribution in [0.15, 0.2) is 17.9 Å². The zero-order valence-electron chi connectivity index (χ0n) is 7.35. The lowest BCUT2D eigenvalue weighted by Crippen LogP contribution is -2.36. The maximum absolute atomic E-state index is 11.7. The fourth-order valence-corrected chi connectivity index (χ4v) is 3.82. The van der Waals surface area contributed by atoms with Crippen molar-refractivity contribution in [3.05, 3.63) is 29.0 Å². The van der Waals surface area contributed by atoms with Crippen LogP contribution in [0.1, 0.15) is 20.7 Å². The van der Waals surface area contributed by atoms with Crippen LogP contribution < -0.4 is 5.84 Å². The maximum Gasteiger partial charge on any atom is 0.277 e. The zero-order valence-corrected chi connectivity index (χ0v) is 13.7. The van der Waals surface area contributed by atoms with Crippen molar-refractivity contribution in [3.8, 4) is 0 Å². The number of fused-ring (bicyclic) bond motifs is 1. The predicted octanol–water partition coefficient (Wildman–Crippen LogP) is 3.21. The number of carbonyl (C=O) groups is 2. The number of carbonyl (C=O) groups excluding carboxylic acids is 2. The molecule has 84 valence electrons. The molecule has 0 atom stereocenters. The number of imide groups is 1. The van der Waals surface area contributed by atoms with E-state index in [4.69, 9.17) is 5.84 Å². The first kappa shape index (κ1) is 12.7. The van der Waals surface area contributed by atoms with Gasteiger partial charge in [-0.3, -0.25) is 9.59 Å². The molecule has 0 saturated heterocycles. The van der Waals surface area contributed by atoms with Gasteiger partial charge in [0.05, 0.1) is 11.1 Å². The molecule has 1 aromatic carbocycles. The number of hydrazine groups is 1. The number of hydrogen-bond donors (Lipinski definition) is 1. The van der Waals surface area contributed by atoms with Crippen LogP contribution in [0, 0.1) is 0 Å². The van der Waals surface area contributed by atoms with Crippen LogP contribution in [0.4, 0.5) is 0 Å². The number of hydrogen-bond acceptors (Lipinski definition) is 3. The minimum Gasteiger partial charge on any atom is -0.267 e. The van der Waals surface area contributed by atoms with E-state index in [0.717, 1.165) is 0 Å². The molecule has 1 aliphatic rings. The van der Waals surface area contributed by atoms with Crippen molar-refractivity contribution < 1.29 is 9.59 Å². The molecule has 0 saturated carbocycles. The van der Waals surface area contributed by atoms with E-state index in [1.54, 1.807) is 0 Å². The Kier molecular flexibility index (Phi) is 3.30. The van der Waals surface area contributed by atoms with Gasteiger partial charge in [-0.2, -0.15) is 0 Å². The van der Waals surface area contributed by atoms with Gasteiger partial charge in [0.1, 0.15) is 0 Å². The van der Waals surface area contributed by atoms with Gasteiger partial charge in [0.2, 0.25) is 0 Å². The van der Waals surface area contributed by atoms with Crippen LogP contribution >= 0.6 is 63.7 Å². The highest BCUT2D eigenvalue weighted by atomic mass is 79.9. The molecule has 1 heterocycles. The van der Waals surface area contributed by atoms with E-state index in [9.17, 15) is 9.59 Å². The van der Waals surface area contributed by atoms with Gasteiger partial charge in [-0.05, 0) is 63.7 Å². The van der Waals surface area contributed by atoms with Gasteiger partial charge in [0, 0.05) is 17.9 Å². The molecule has 0 aromatic heterocycles. The van der Waals surface area contributed by atoms with Gasteiger partial charge in [-0.25, -0.2) is 10.9 Å². The Balaban J connectivity index is 2.91. The molecule has 0 radical (unpaired) electrons. The molecule has 2 N–H and O–H groups in total. The summed E-state index contributed by atoms with van der Waals surface area (Å²) >= 11 is 13.1. The number of rotatable bonds is 0. The molecule has 2 rings (SSSR count). The first-order valence-corrected chi connectivity index (χ1v) is 7.04. The third-order valence-corrected chi connectivity index (χ3v) is 6.90. The average Bonchev–Trinajstić information content (AvgIpc) is 2.48. The molecule has 16 heavy (non-hydrogen) atoms. The summed E-state index contributed by atoms with van der Waals surface area (Å²) in [5.41, 5.74) is 0.518. The van der Waals surface area contributed by atoms with Crippen LogP contribution in [-0.2, 0) is 0 Å². The summed E-state index contributed by atoms with van der Waals surface area (Å²) < 4.78 is 2.30. The summed E-state index contributed by atoms with van der Waals surface area (Å²) in [6.45, 7) is 0. The van der Waals surface area contributed by atoms with Crippen molar-refractivity contribution in [2.45, 2.75) is 0 Å². The number of nitrogens with zero attached hydrogens (tertiary/aromatic N) is 1. The minimum atomic E-state index is -0.527. The van der Waals surface area contributed by atoms with E-state index >= 15 is 0 Å². The van der Waals surface area contributed by atoms with Crippen molar-refractivity contribution in [2.24, 2.45) is 5.84 Å². The highest BCUT2D eigenvalue weighted by Crippen LogP contribution is 2.44. The summed E-state index contributed by atoms with van der Waals surface area (Å²) in [5.74, 6) is 4.32. The van der Waals surface area contributed by atoms with E-state index in [-0.39, 0.29) is 11.1 Å². The van der Waals surface area contributed by atoms with E-state index in [1.165, 1.54) is 0 Å². The third kappa shape index (κ3) is 1.54. The second kappa shape index (κ2) is 4.16. The summed E-state index contributed by atoms with van der Waals surface area (Å²) in [7, 11) is 0. The Morgan fingerprint density at radius 3 is 1.38 bits per heavy atom. The van der Waals surface area contributed by atoms with Gasteiger partial charge in [-0.1, -0.05) is 0 Å². The number of nitrogens with two attached hydrogens (primary N) is 1. The number of amides is 2. The third-order valence-electron chi connectivity index (χ3n) is 2.13. The van der Waals surface area contributed by atoms with Crippen molar-refractivity contribution in [2.75, 3.05) is 0 Å². The summed E-state index contributed by atoms with van der Waals surface area (Å²) in [6, 6.07) is 0. The number of benzene rings is 1. The largest absolute Gasteiger partial charge is 0.277 e. The molecule has 0 aliphatic carbocycles. The van der Waals surface area contributed by atoms with E-state index < -0.39 is 11.8 Å². The molecule has 1 aliphatic heterocycles. The average molecular weight is 478 g/mol. The predicted molar refractivity (Wildman–Crippen MR) is 71.9 cm³/mol. The molecule has 2 amide bonds. The smallest absolute Gasteiger partial charge is 0.267 e. The Hall–Kier alpha value is 0.240. The highest BCUT2D eigenvalue weighted by Gasteiger charge is 2.39. The molecular formula is C8H2Br4N2O2.